The van der Waals surface area contributed by atoms with Gasteiger partial charge in [0, 0.05) is 31.5 Å². The van der Waals surface area contributed by atoms with Crippen LogP contribution in [0.3, 0.4) is 0 Å². The maximum Gasteiger partial charge on any atom is 0.229 e. The van der Waals surface area contributed by atoms with Crippen molar-refractivity contribution in [1.82, 2.24) is 14.9 Å². The second kappa shape index (κ2) is 8.55. The van der Waals surface area contributed by atoms with Crippen LogP contribution in [0.25, 0.3) is 0 Å². The number of aryl methyl sites for hydroxylation is 1. The number of aliphatic imine (C=N–C) groups is 1. The Balaban J connectivity index is 1.50. The molecular weight excluding hydrogens is 316 g/mol. The van der Waals surface area contributed by atoms with Gasteiger partial charge in [0.2, 0.25) is 5.95 Å². The average molecular weight is 340 g/mol. The van der Waals surface area contributed by atoms with Gasteiger partial charge in [-0.2, -0.15) is 0 Å². The second-order valence-electron chi connectivity index (χ2n) is 6.09. The highest BCUT2D eigenvalue weighted by molar-refractivity contribution is 5.90. The third-order valence-electron chi connectivity index (χ3n) is 3.97. The fourth-order valence-electron chi connectivity index (χ4n) is 2.74. The molecule has 0 bridgehead atoms. The van der Waals surface area contributed by atoms with Crippen molar-refractivity contribution in [3.8, 4) is 0 Å². The monoisotopic (exact) mass is 340 g/mol. The number of hydrogen-bond acceptors (Lipinski definition) is 5. The van der Waals surface area contributed by atoms with Crippen LogP contribution >= 0.6 is 0 Å². The van der Waals surface area contributed by atoms with E-state index in [0.717, 1.165) is 25.3 Å². The molecule has 1 aliphatic rings. The Morgan fingerprint density at radius 2 is 2.20 bits per heavy atom. The molecule has 0 amide bonds. The minimum Gasteiger partial charge on any atom is -0.374 e. The summed E-state index contributed by atoms with van der Waals surface area (Å²) >= 11 is 0. The van der Waals surface area contributed by atoms with Crippen molar-refractivity contribution in [3.63, 3.8) is 0 Å². The molecule has 1 fully saturated rings. The number of ether oxygens (including phenoxy) is 1. The zero-order valence-electron chi connectivity index (χ0n) is 14.4. The van der Waals surface area contributed by atoms with Crippen LogP contribution in [0.4, 0.5) is 5.95 Å². The molecule has 1 saturated heterocycles. The summed E-state index contributed by atoms with van der Waals surface area (Å²) in [5, 5.41) is 2.91. The van der Waals surface area contributed by atoms with E-state index in [1.807, 2.05) is 19.1 Å². The first kappa shape index (κ1) is 17.3. The van der Waals surface area contributed by atoms with E-state index >= 15 is 0 Å². The first-order valence-corrected chi connectivity index (χ1v) is 8.43. The number of aromatic nitrogens is 2. The van der Waals surface area contributed by atoms with Gasteiger partial charge in [0.1, 0.15) is 0 Å². The van der Waals surface area contributed by atoms with Crippen molar-refractivity contribution < 1.29 is 4.74 Å². The van der Waals surface area contributed by atoms with Gasteiger partial charge in [-0.15, -0.1) is 0 Å². The predicted molar refractivity (Wildman–Crippen MR) is 98.3 cm³/mol. The highest BCUT2D eigenvalue weighted by atomic mass is 16.5. The fraction of sp³-hybridized carbons (Fsp3) is 0.389. The van der Waals surface area contributed by atoms with E-state index in [1.54, 1.807) is 6.20 Å². The number of nitrogens with two attached hydrogens (primary N) is 1. The molecule has 0 spiro atoms. The van der Waals surface area contributed by atoms with Crippen molar-refractivity contribution in [3.05, 3.63) is 53.9 Å². The fourth-order valence-corrected chi connectivity index (χ4v) is 2.74. The van der Waals surface area contributed by atoms with Crippen LogP contribution < -0.4 is 11.1 Å². The van der Waals surface area contributed by atoms with Gasteiger partial charge in [-0.25, -0.2) is 9.97 Å². The van der Waals surface area contributed by atoms with Crippen molar-refractivity contribution in [2.75, 3.05) is 31.6 Å². The normalized spacial score (nSPS) is 18.9. The van der Waals surface area contributed by atoms with E-state index in [1.165, 1.54) is 5.56 Å². The van der Waals surface area contributed by atoms with Gasteiger partial charge in [-0.05, 0) is 18.6 Å². The summed E-state index contributed by atoms with van der Waals surface area (Å²) in [5.41, 5.74) is 8.10. The second-order valence-corrected chi connectivity index (χ2v) is 6.09. The molecule has 1 aromatic heterocycles. The largest absolute Gasteiger partial charge is 0.374 e. The first-order valence-electron chi connectivity index (χ1n) is 8.43. The van der Waals surface area contributed by atoms with Crippen LogP contribution in [0, 0.1) is 6.92 Å². The number of hydrogen-bond donors (Lipinski definition) is 2. The van der Waals surface area contributed by atoms with Gasteiger partial charge in [0.05, 0.1) is 19.3 Å². The molecule has 1 unspecified atom stereocenters. The number of benzene rings is 1. The Bertz CT molecular complexity index is 706. The molecule has 1 aliphatic heterocycles. The Kier molecular flexibility index (Phi) is 5.92. The lowest BCUT2D eigenvalue weighted by Gasteiger charge is -2.32. The van der Waals surface area contributed by atoms with Crippen molar-refractivity contribution in [2.24, 2.45) is 10.7 Å². The third-order valence-corrected chi connectivity index (χ3v) is 3.97. The summed E-state index contributed by atoms with van der Waals surface area (Å²) < 4.78 is 5.80. The lowest BCUT2D eigenvalue weighted by atomic mass is 10.2. The number of guanidine groups is 1. The quantitative estimate of drug-likeness (QED) is 0.632. The smallest absolute Gasteiger partial charge is 0.229 e. The van der Waals surface area contributed by atoms with Gasteiger partial charge in [-0.3, -0.25) is 15.2 Å². The Morgan fingerprint density at radius 1 is 1.36 bits per heavy atom. The van der Waals surface area contributed by atoms with Crippen LogP contribution in [0.5, 0.6) is 0 Å². The molecule has 0 aliphatic carbocycles. The predicted octanol–water partition coefficient (Wildman–Crippen LogP) is 1.41. The van der Waals surface area contributed by atoms with E-state index in [9.17, 15) is 0 Å². The molecule has 1 atom stereocenters. The summed E-state index contributed by atoms with van der Waals surface area (Å²) in [4.78, 5) is 15.1. The van der Waals surface area contributed by atoms with Gasteiger partial charge < -0.3 is 10.5 Å². The SMILES string of the molecule is Cc1ccnc(NC(N)=NCC2CN(Cc3ccccc3)CCO2)n1. The maximum atomic E-state index is 5.92. The molecule has 7 heteroatoms. The minimum atomic E-state index is 0.0382. The van der Waals surface area contributed by atoms with Crippen molar-refractivity contribution in [1.29, 1.82) is 0 Å². The Labute approximate surface area is 147 Å². The summed E-state index contributed by atoms with van der Waals surface area (Å²) in [7, 11) is 0. The zero-order chi connectivity index (χ0) is 17.5. The van der Waals surface area contributed by atoms with E-state index in [-0.39, 0.29) is 6.10 Å². The van der Waals surface area contributed by atoms with Crippen LogP contribution in [-0.2, 0) is 11.3 Å². The lowest BCUT2D eigenvalue weighted by Crippen LogP contribution is -2.43. The molecule has 7 nitrogen and oxygen atoms in total. The van der Waals surface area contributed by atoms with Crippen LogP contribution in [0.2, 0.25) is 0 Å². The molecule has 0 radical (unpaired) electrons. The number of rotatable bonds is 5. The van der Waals surface area contributed by atoms with E-state index in [2.05, 4.69) is 49.4 Å². The van der Waals surface area contributed by atoms with Gasteiger partial charge >= 0.3 is 0 Å². The summed E-state index contributed by atoms with van der Waals surface area (Å²) in [5.74, 6) is 0.755. The van der Waals surface area contributed by atoms with Gasteiger partial charge in [0.15, 0.2) is 5.96 Å². The molecule has 1 aromatic carbocycles. The van der Waals surface area contributed by atoms with Crippen LogP contribution in [0.15, 0.2) is 47.6 Å². The zero-order valence-corrected chi connectivity index (χ0v) is 14.4. The molecule has 132 valence electrons. The number of nitrogens with one attached hydrogen (secondary N) is 1. The maximum absolute atomic E-state index is 5.92. The molecule has 3 rings (SSSR count). The summed E-state index contributed by atoms with van der Waals surface area (Å²) in [6.45, 7) is 5.82. The summed E-state index contributed by atoms with van der Waals surface area (Å²) in [6, 6.07) is 12.3. The molecule has 2 aromatic rings. The minimum absolute atomic E-state index is 0.0382. The van der Waals surface area contributed by atoms with E-state index in [0.29, 0.717) is 25.1 Å². The lowest BCUT2D eigenvalue weighted by molar-refractivity contribution is -0.0257. The molecule has 0 saturated carbocycles. The molecule has 25 heavy (non-hydrogen) atoms. The average Bonchev–Trinajstić information content (AvgIpc) is 2.61. The van der Waals surface area contributed by atoms with E-state index in [4.69, 9.17) is 10.5 Å². The van der Waals surface area contributed by atoms with E-state index < -0.39 is 0 Å². The van der Waals surface area contributed by atoms with Gasteiger partial charge in [0.25, 0.3) is 0 Å². The number of morpholine rings is 1. The number of anilines is 1. The third kappa shape index (κ3) is 5.51. The topological polar surface area (TPSA) is 88.7 Å². The highest BCUT2D eigenvalue weighted by Gasteiger charge is 2.20. The standard InChI is InChI=1S/C18H24N6O/c1-14-7-8-20-18(22-14)23-17(19)21-11-16-13-24(9-10-25-16)12-15-5-3-2-4-6-15/h2-8,16H,9-13H2,1H3,(H3,19,20,21,22,23). The first-order chi connectivity index (χ1) is 12.2. The van der Waals surface area contributed by atoms with Gasteiger partial charge in [-0.1, -0.05) is 30.3 Å². The highest BCUT2D eigenvalue weighted by Crippen LogP contribution is 2.10. The number of nitrogens with zero attached hydrogens (tertiary/aromatic N) is 4. The van der Waals surface area contributed by atoms with Crippen LogP contribution in [0.1, 0.15) is 11.3 Å². The van der Waals surface area contributed by atoms with Crippen molar-refractivity contribution in [2.45, 2.75) is 19.6 Å². The molecule has 2 heterocycles. The van der Waals surface area contributed by atoms with Crippen molar-refractivity contribution >= 4 is 11.9 Å². The summed E-state index contributed by atoms with van der Waals surface area (Å²) in [6.07, 6.45) is 1.72. The Hall–Kier alpha value is -2.51. The van der Waals surface area contributed by atoms with Crippen LogP contribution in [-0.4, -0.2) is 53.2 Å². The Morgan fingerprint density at radius 3 is 3.00 bits per heavy atom. The molecule has 3 N–H and O–H groups in total. The molecular formula is C18H24N6O.